The molecule has 1 unspecified atom stereocenters. The Labute approximate surface area is 155 Å². The van der Waals surface area contributed by atoms with Crippen LogP contribution in [0.25, 0.3) is 0 Å². The summed E-state index contributed by atoms with van der Waals surface area (Å²) >= 11 is 1.34. The molecule has 0 amide bonds. The summed E-state index contributed by atoms with van der Waals surface area (Å²) < 4.78 is 51.8. The van der Waals surface area contributed by atoms with E-state index in [0.29, 0.717) is 4.88 Å². The first-order chi connectivity index (χ1) is 12.2. The minimum Gasteiger partial charge on any atom is -0.258 e. The second-order valence-electron chi connectivity index (χ2n) is 5.81. The predicted molar refractivity (Wildman–Crippen MR) is 97.3 cm³/mol. The lowest BCUT2D eigenvalue weighted by Crippen LogP contribution is -2.33. The molecule has 1 aliphatic rings. The lowest BCUT2D eigenvalue weighted by molar-refractivity contribution is -0.384. The van der Waals surface area contributed by atoms with Crippen molar-refractivity contribution in [2.75, 3.05) is 18.8 Å². The van der Waals surface area contributed by atoms with Gasteiger partial charge in [0.25, 0.3) is 5.69 Å². The number of hydrogen-bond donors (Lipinski definition) is 0. The van der Waals surface area contributed by atoms with Gasteiger partial charge in [0.1, 0.15) is 0 Å². The number of sulfonamides is 1. The van der Waals surface area contributed by atoms with Crippen LogP contribution < -0.4 is 0 Å². The van der Waals surface area contributed by atoms with E-state index >= 15 is 0 Å². The van der Waals surface area contributed by atoms with Crippen molar-refractivity contribution in [1.82, 2.24) is 4.31 Å². The van der Waals surface area contributed by atoms with Crippen LogP contribution in [0.1, 0.15) is 16.5 Å². The van der Waals surface area contributed by atoms with Gasteiger partial charge in [0.15, 0.2) is 9.84 Å². The Morgan fingerprint density at radius 1 is 1.15 bits per heavy atom. The first kappa shape index (κ1) is 19.0. The summed E-state index contributed by atoms with van der Waals surface area (Å²) in [6.45, 7) is -0.0648. The van der Waals surface area contributed by atoms with Gasteiger partial charge in [-0.05, 0) is 30.0 Å². The van der Waals surface area contributed by atoms with E-state index in [0.717, 1.165) is 16.4 Å². The molecule has 8 nitrogen and oxygen atoms in total. The molecule has 0 radical (unpaired) electrons. The van der Waals surface area contributed by atoms with Gasteiger partial charge in [-0.15, -0.1) is 11.3 Å². The smallest absolute Gasteiger partial charge is 0.258 e. The highest BCUT2D eigenvalue weighted by Crippen LogP contribution is 2.33. The minimum absolute atomic E-state index is 0.0706. The number of thiophene rings is 1. The maximum absolute atomic E-state index is 12.8. The first-order valence-electron chi connectivity index (χ1n) is 7.71. The van der Waals surface area contributed by atoms with E-state index in [4.69, 9.17) is 0 Å². The maximum atomic E-state index is 12.8. The summed E-state index contributed by atoms with van der Waals surface area (Å²) in [6, 6.07) is 8.10. The van der Waals surface area contributed by atoms with Crippen molar-refractivity contribution in [3.8, 4) is 0 Å². The van der Waals surface area contributed by atoms with Crippen molar-refractivity contribution in [3.63, 3.8) is 0 Å². The third-order valence-electron chi connectivity index (χ3n) is 4.25. The lowest BCUT2D eigenvalue weighted by atomic mass is 10.2. The van der Waals surface area contributed by atoms with E-state index in [1.165, 1.54) is 23.5 Å². The molecule has 1 fully saturated rings. The third kappa shape index (κ3) is 3.65. The molecule has 11 heteroatoms. The SMILES string of the molecule is O=[N+]([O-])c1ccc(S(=O)(=O)N2CCC(c3cccs3)S(=O)(=O)CC2)cc1. The highest BCUT2D eigenvalue weighted by atomic mass is 32.2. The number of hydrogen-bond acceptors (Lipinski definition) is 7. The first-order valence-corrected chi connectivity index (χ1v) is 11.7. The van der Waals surface area contributed by atoms with Crippen LogP contribution in [0.15, 0.2) is 46.7 Å². The zero-order valence-corrected chi connectivity index (χ0v) is 16.0. The Kier molecular flexibility index (Phi) is 5.15. The van der Waals surface area contributed by atoms with E-state index in [9.17, 15) is 26.9 Å². The quantitative estimate of drug-likeness (QED) is 0.557. The van der Waals surface area contributed by atoms with Crippen molar-refractivity contribution < 1.29 is 21.8 Å². The Hall–Kier alpha value is -1.82. The average molecular weight is 417 g/mol. The number of nitro benzene ring substituents is 1. The van der Waals surface area contributed by atoms with Crippen LogP contribution in [-0.2, 0) is 19.9 Å². The molecule has 26 heavy (non-hydrogen) atoms. The minimum atomic E-state index is -3.92. The molecule has 0 spiro atoms. The highest BCUT2D eigenvalue weighted by Gasteiger charge is 2.36. The molecule has 1 aromatic carbocycles. The standard InChI is InChI=1S/C15H16N2O6S3/c18-17(19)12-3-5-13(6-4-12)26(22,23)16-8-7-15(14-2-1-10-24-14)25(20,21)11-9-16/h1-6,10,15H,7-9,11H2. The average Bonchev–Trinajstić information content (AvgIpc) is 3.06. The van der Waals surface area contributed by atoms with E-state index < -0.39 is 30.0 Å². The lowest BCUT2D eigenvalue weighted by Gasteiger charge is -2.19. The summed E-state index contributed by atoms with van der Waals surface area (Å²) in [5.74, 6) is -0.262. The summed E-state index contributed by atoms with van der Waals surface area (Å²) in [5.41, 5.74) is -0.208. The Bertz CT molecular complexity index is 998. The fraction of sp³-hybridized carbons (Fsp3) is 0.333. The summed E-state index contributed by atoms with van der Waals surface area (Å²) in [4.78, 5) is 10.7. The van der Waals surface area contributed by atoms with Crippen LogP contribution in [-0.4, -0.2) is 44.9 Å². The van der Waals surface area contributed by atoms with Crippen molar-refractivity contribution in [2.45, 2.75) is 16.6 Å². The normalized spacial score (nSPS) is 21.2. The molecule has 0 N–H and O–H groups in total. The Morgan fingerprint density at radius 2 is 1.85 bits per heavy atom. The molecule has 2 aromatic rings. The second kappa shape index (κ2) is 7.06. The monoisotopic (exact) mass is 416 g/mol. The molecule has 0 aliphatic carbocycles. The number of non-ortho nitro benzene ring substituents is 1. The van der Waals surface area contributed by atoms with E-state index in [-0.39, 0.29) is 35.8 Å². The molecule has 0 bridgehead atoms. The van der Waals surface area contributed by atoms with Gasteiger partial charge in [-0.25, -0.2) is 16.8 Å². The van der Waals surface area contributed by atoms with E-state index in [2.05, 4.69) is 0 Å². The van der Waals surface area contributed by atoms with Crippen molar-refractivity contribution in [2.24, 2.45) is 0 Å². The molecule has 1 atom stereocenters. The molecule has 2 heterocycles. The van der Waals surface area contributed by atoms with Crippen LogP contribution in [0.3, 0.4) is 0 Å². The molecule has 1 aromatic heterocycles. The van der Waals surface area contributed by atoms with Gasteiger partial charge in [-0.2, -0.15) is 4.31 Å². The molecule has 0 saturated carbocycles. The number of nitrogens with zero attached hydrogens (tertiary/aromatic N) is 2. The Morgan fingerprint density at radius 3 is 2.42 bits per heavy atom. The molecule has 1 aliphatic heterocycles. The van der Waals surface area contributed by atoms with Gasteiger partial charge in [0.2, 0.25) is 10.0 Å². The van der Waals surface area contributed by atoms with Crippen molar-refractivity contribution >= 4 is 36.9 Å². The van der Waals surface area contributed by atoms with Gasteiger partial charge in [0, 0.05) is 30.1 Å². The van der Waals surface area contributed by atoms with Gasteiger partial charge >= 0.3 is 0 Å². The zero-order valence-electron chi connectivity index (χ0n) is 13.5. The number of benzene rings is 1. The number of rotatable bonds is 4. The summed E-state index contributed by atoms with van der Waals surface area (Å²) in [5, 5.41) is 11.8. The van der Waals surface area contributed by atoms with Crippen LogP contribution in [0.5, 0.6) is 0 Å². The van der Waals surface area contributed by atoms with Gasteiger partial charge < -0.3 is 0 Å². The molecular formula is C15H16N2O6S3. The summed E-state index contributed by atoms with van der Waals surface area (Å²) in [7, 11) is -7.38. The molecule has 140 valence electrons. The van der Waals surface area contributed by atoms with Gasteiger partial charge in [-0.3, -0.25) is 10.1 Å². The van der Waals surface area contributed by atoms with Crippen molar-refractivity contribution in [1.29, 1.82) is 0 Å². The highest BCUT2D eigenvalue weighted by molar-refractivity contribution is 7.92. The topological polar surface area (TPSA) is 115 Å². The van der Waals surface area contributed by atoms with Gasteiger partial charge in [0.05, 0.1) is 20.8 Å². The van der Waals surface area contributed by atoms with Crippen LogP contribution in [0, 0.1) is 10.1 Å². The van der Waals surface area contributed by atoms with E-state index in [1.807, 2.05) is 0 Å². The Balaban J connectivity index is 1.86. The maximum Gasteiger partial charge on any atom is 0.269 e. The molecular weight excluding hydrogens is 400 g/mol. The summed E-state index contributed by atoms with van der Waals surface area (Å²) in [6.07, 6.45) is 0.176. The van der Waals surface area contributed by atoms with E-state index in [1.54, 1.807) is 17.5 Å². The second-order valence-corrected chi connectivity index (χ2v) is 11.0. The largest absolute Gasteiger partial charge is 0.269 e. The molecule has 3 rings (SSSR count). The van der Waals surface area contributed by atoms with Crippen LogP contribution in [0.4, 0.5) is 5.69 Å². The van der Waals surface area contributed by atoms with Crippen LogP contribution in [0.2, 0.25) is 0 Å². The third-order valence-corrected chi connectivity index (χ3v) is 9.40. The number of nitro groups is 1. The fourth-order valence-corrected chi connectivity index (χ4v) is 7.42. The van der Waals surface area contributed by atoms with Crippen molar-refractivity contribution in [3.05, 3.63) is 56.8 Å². The van der Waals surface area contributed by atoms with Crippen LogP contribution >= 0.6 is 11.3 Å². The fourth-order valence-electron chi connectivity index (χ4n) is 2.85. The zero-order chi connectivity index (χ0) is 18.9. The van der Waals surface area contributed by atoms with Gasteiger partial charge in [-0.1, -0.05) is 6.07 Å². The number of sulfone groups is 1. The molecule has 1 saturated heterocycles. The predicted octanol–water partition coefficient (Wildman–Crippen LogP) is 2.21.